The molecule has 0 aromatic carbocycles. The topological polar surface area (TPSA) is 53.5 Å². The van der Waals surface area contributed by atoms with Crippen LogP contribution in [0.25, 0.3) is 0 Å². The van der Waals surface area contributed by atoms with Gasteiger partial charge in [0.1, 0.15) is 5.82 Å². The molecule has 0 spiro atoms. The lowest BCUT2D eigenvalue weighted by Gasteiger charge is -2.35. The summed E-state index contributed by atoms with van der Waals surface area (Å²) in [6, 6.07) is 4.12. The number of aryl methyl sites for hydroxylation is 1. The maximum atomic E-state index is 11.8. The van der Waals surface area contributed by atoms with Crippen LogP contribution >= 0.6 is 0 Å². The van der Waals surface area contributed by atoms with E-state index in [0.29, 0.717) is 5.75 Å². The first kappa shape index (κ1) is 17.2. The molecule has 1 aromatic heterocycles. The third kappa shape index (κ3) is 4.68. The summed E-state index contributed by atoms with van der Waals surface area (Å²) < 4.78 is 23.6. The van der Waals surface area contributed by atoms with Crippen LogP contribution in [0.4, 0.5) is 5.82 Å². The number of aromatic nitrogens is 1. The average Bonchev–Trinajstić information content (AvgIpc) is 2.47. The zero-order chi connectivity index (χ0) is 16.2. The van der Waals surface area contributed by atoms with Gasteiger partial charge in [0.2, 0.25) is 0 Å². The first-order valence-corrected chi connectivity index (χ1v) is 9.71. The van der Waals surface area contributed by atoms with Crippen LogP contribution in [0.15, 0.2) is 18.3 Å². The molecule has 1 fully saturated rings. The molecule has 22 heavy (non-hydrogen) atoms. The minimum Gasteiger partial charge on any atom is -0.354 e. The number of pyridine rings is 1. The fraction of sp³-hybridized carbons (Fsp3) is 0.688. The zero-order valence-electron chi connectivity index (χ0n) is 13.8. The standard InChI is InChI=1S/C16H27N3O2S/c1-14(2)22(20,21)12-4-7-18-8-10-19(11-9-18)16-13-15(3)5-6-17-16/h5-6,13-14H,4,7-12H2,1-3H3. The largest absolute Gasteiger partial charge is 0.354 e. The molecule has 0 atom stereocenters. The van der Waals surface area contributed by atoms with E-state index >= 15 is 0 Å². The predicted molar refractivity (Wildman–Crippen MR) is 91.2 cm³/mol. The van der Waals surface area contributed by atoms with E-state index in [9.17, 15) is 8.42 Å². The van der Waals surface area contributed by atoms with Crippen LogP contribution in [-0.4, -0.2) is 62.0 Å². The van der Waals surface area contributed by atoms with Crippen molar-refractivity contribution >= 4 is 15.7 Å². The Bertz CT molecular complexity index is 579. The Morgan fingerprint density at radius 1 is 1.23 bits per heavy atom. The van der Waals surface area contributed by atoms with Crippen molar-refractivity contribution in [2.45, 2.75) is 32.4 Å². The summed E-state index contributed by atoms with van der Waals surface area (Å²) >= 11 is 0. The number of nitrogens with zero attached hydrogens (tertiary/aromatic N) is 3. The molecular weight excluding hydrogens is 298 g/mol. The molecule has 0 unspecified atom stereocenters. The molecular formula is C16H27N3O2S. The molecule has 6 heteroatoms. The summed E-state index contributed by atoms with van der Waals surface area (Å²) in [6.45, 7) is 10.3. The monoisotopic (exact) mass is 325 g/mol. The van der Waals surface area contributed by atoms with Gasteiger partial charge in [0.25, 0.3) is 0 Å². The number of hydrogen-bond acceptors (Lipinski definition) is 5. The van der Waals surface area contributed by atoms with Gasteiger partial charge < -0.3 is 4.90 Å². The number of piperazine rings is 1. The lowest BCUT2D eigenvalue weighted by atomic mass is 10.2. The van der Waals surface area contributed by atoms with E-state index in [0.717, 1.165) is 45.0 Å². The van der Waals surface area contributed by atoms with Crippen LogP contribution in [0.3, 0.4) is 0 Å². The van der Waals surface area contributed by atoms with Crippen LogP contribution in [0.2, 0.25) is 0 Å². The molecule has 0 amide bonds. The van der Waals surface area contributed by atoms with Gasteiger partial charge in [-0.3, -0.25) is 4.90 Å². The predicted octanol–water partition coefficient (Wildman–Crippen LogP) is 1.73. The van der Waals surface area contributed by atoms with Crippen LogP contribution in [-0.2, 0) is 9.84 Å². The highest BCUT2D eigenvalue weighted by Gasteiger charge is 2.20. The zero-order valence-corrected chi connectivity index (χ0v) is 14.6. The van der Waals surface area contributed by atoms with Gasteiger partial charge in [-0.25, -0.2) is 13.4 Å². The van der Waals surface area contributed by atoms with E-state index in [4.69, 9.17) is 0 Å². The Labute approximate surface area is 134 Å². The van der Waals surface area contributed by atoms with Gasteiger partial charge in [-0.1, -0.05) is 0 Å². The Morgan fingerprint density at radius 2 is 1.91 bits per heavy atom. The van der Waals surface area contributed by atoms with Crippen LogP contribution in [0, 0.1) is 6.92 Å². The molecule has 0 saturated carbocycles. The van der Waals surface area contributed by atoms with Gasteiger partial charge in [0, 0.05) is 32.4 Å². The molecule has 0 radical (unpaired) electrons. The highest BCUT2D eigenvalue weighted by molar-refractivity contribution is 7.91. The molecule has 0 bridgehead atoms. The van der Waals surface area contributed by atoms with Crippen molar-refractivity contribution in [3.05, 3.63) is 23.9 Å². The molecule has 124 valence electrons. The summed E-state index contributed by atoms with van der Waals surface area (Å²) in [7, 11) is -2.90. The second kappa shape index (κ2) is 7.42. The Balaban J connectivity index is 1.76. The lowest BCUT2D eigenvalue weighted by molar-refractivity contribution is 0.258. The second-order valence-electron chi connectivity index (χ2n) is 6.29. The molecule has 2 rings (SSSR count). The van der Waals surface area contributed by atoms with Gasteiger partial charge in [-0.2, -0.15) is 0 Å². The molecule has 1 aliphatic heterocycles. The average molecular weight is 325 g/mol. The van der Waals surface area contributed by atoms with E-state index in [1.165, 1.54) is 5.56 Å². The van der Waals surface area contributed by atoms with Gasteiger partial charge in [0.05, 0.1) is 11.0 Å². The number of rotatable bonds is 6. The molecule has 1 aromatic rings. The second-order valence-corrected chi connectivity index (χ2v) is 8.97. The summed E-state index contributed by atoms with van der Waals surface area (Å²) in [5.41, 5.74) is 1.23. The fourth-order valence-corrected chi connectivity index (χ4v) is 3.62. The molecule has 1 aliphatic rings. The minimum atomic E-state index is -2.90. The SMILES string of the molecule is Cc1ccnc(N2CCN(CCCS(=O)(=O)C(C)C)CC2)c1. The highest BCUT2D eigenvalue weighted by atomic mass is 32.2. The van der Waals surface area contributed by atoms with E-state index in [2.05, 4.69) is 27.8 Å². The van der Waals surface area contributed by atoms with Crippen molar-refractivity contribution in [1.82, 2.24) is 9.88 Å². The van der Waals surface area contributed by atoms with Crippen LogP contribution < -0.4 is 4.90 Å². The first-order valence-electron chi connectivity index (χ1n) is 8.00. The molecule has 1 saturated heterocycles. The highest BCUT2D eigenvalue weighted by Crippen LogP contribution is 2.15. The summed E-state index contributed by atoms with van der Waals surface area (Å²) in [5.74, 6) is 1.34. The summed E-state index contributed by atoms with van der Waals surface area (Å²) in [5, 5.41) is -0.267. The van der Waals surface area contributed by atoms with Crippen molar-refractivity contribution in [3.63, 3.8) is 0 Å². The van der Waals surface area contributed by atoms with E-state index in [1.54, 1.807) is 13.8 Å². The quantitative estimate of drug-likeness (QED) is 0.797. The lowest BCUT2D eigenvalue weighted by Crippen LogP contribution is -2.47. The van der Waals surface area contributed by atoms with Crippen molar-refractivity contribution in [1.29, 1.82) is 0 Å². The van der Waals surface area contributed by atoms with Crippen molar-refractivity contribution in [2.24, 2.45) is 0 Å². The third-order valence-electron chi connectivity index (χ3n) is 4.22. The number of sulfone groups is 1. The van der Waals surface area contributed by atoms with Crippen LogP contribution in [0.5, 0.6) is 0 Å². The normalized spacial score (nSPS) is 17.2. The van der Waals surface area contributed by atoms with Crippen molar-refractivity contribution < 1.29 is 8.42 Å². The van der Waals surface area contributed by atoms with Gasteiger partial charge >= 0.3 is 0 Å². The third-order valence-corrected chi connectivity index (χ3v) is 6.51. The minimum absolute atomic E-state index is 0.267. The smallest absolute Gasteiger partial charge is 0.152 e. The van der Waals surface area contributed by atoms with Gasteiger partial charge in [-0.15, -0.1) is 0 Å². The Hall–Kier alpha value is -1.14. The fourth-order valence-electron chi connectivity index (χ4n) is 2.62. The first-order chi connectivity index (χ1) is 10.4. The van der Waals surface area contributed by atoms with Gasteiger partial charge in [-0.05, 0) is 51.4 Å². The van der Waals surface area contributed by atoms with E-state index < -0.39 is 9.84 Å². The Kier molecular flexibility index (Phi) is 5.81. The molecule has 5 nitrogen and oxygen atoms in total. The van der Waals surface area contributed by atoms with Crippen LogP contribution in [0.1, 0.15) is 25.8 Å². The van der Waals surface area contributed by atoms with Crippen molar-refractivity contribution in [2.75, 3.05) is 43.4 Å². The Morgan fingerprint density at radius 3 is 2.50 bits per heavy atom. The summed E-state index contributed by atoms with van der Waals surface area (Å²) in [4.78, 5) is 9.08. The molecule has 0 N–H and O–H groups in total. The van der Waals surface area contributed by atoms with E-state index in [-0.39, 0.29) is 5.25 Å². The van der Waals surface area contributed by atoms with E-state index in [1.807, 2.05) is 12.3 Å². The number of anilines is 1. The number of hydrogen-bond donors (Lipinski definition) is 0. The molecule has 2 heterocycles. The molecule has 0 aliphatic carbocycles. The maximum absolute atomic E-state index is 11.8. The van der Waals surface area contributed by atoms with Crippen molar-refractivity contribution in [3.8, 4) is 0 Å². The maximum Gasteiger partial charge on any atom is 0.152 e. The summed E-state index contributed by atoms with van der Waals surface area (Å²) in [6.07, 6.45) is 2.58. The van der Waals surface area contributed by atoms with Gasteiger partial charge in [0.15, 0.2) is 9.84 Å².